The second kappa shape index (κ2) is 6.85. The summed E-state index contributed by atoms with van der Waals surface area (Å²) in [6.07, 6.45) is 2.07. The zero-order valence-electron chi connectivity index (χ0n) is 13.8. The summed E-state index contributed by atoms with van der Waals surface area (Å²) in [5.74, 6) is 0. The lowest BCUT2D eigenvalue weighted by atomic mass is 10.0. The van der Waals surface area contributed by atoms with Crippen molar-refractivity contribution in [1.29, 1.82) is 0 Å². The molecule has 0 fully saturated rings. The Hall–Kier alpha value is -1.68. The summed E-state index contributed by atoms with van der Waals surface area (Å²) >= 11 is 0. The van der Waals surface area contributed by atoms with E-state index < -0.39 is 0 Å². The van der Waals surface area contributed by atoms with Crippen LogP contribution >= 0.6 is 0 Å². The lowest BCUT2D eigenvalue weighted by molar-refractivity contribution is 0.511. The highest BCUT2D eigenvalue weighted by Crippen LogP contribution is 2.20. The molecule has 2 heterocycles. The zero-order chi connectivity index (χ0) is 15.4. The first-order valence-electron chi connectivity index (χ1n) is 7.67. The van der Waals surface area contributed by atoms with Gasteiger partial charge in [-0.25, -0.2) is 0 Å². The molecule has 4 nitrogen and oxygen atoms in total. The van der Waals surface area contributed by atoms with Crippen molar-refractivity contribution in [3.63, 3.8) is 0 Å². The van der Waals surface area contributed by atoms with Gasteiger partial charge >= 0.3 is 0 Å². The molecule has 4 heteroatoms. The second-order valence-corrected chi connectivity index (χ2v) is 5.79. The number of hydrogen-bond donors (Lipinski definition) is 1. The van der Waals surface area contributed by atoms with Crippen molar-refractivity contribution < 1.29 is 0 Å². The van der Waals surface area contributed by atoms with E-state index in [1.54, 1.807) is 0 Å². The molecule has 0 aliphatic rings. The van der Waals surface area contributed by atoms with E-state index in [-0.39, 0.29) is 0 Å². The largest absolute Gasteiger partial charge is 0.310 e. The summed E-state index contributed by atoms with van der Waals surface area (Å²) in [6.45, 7) is 9.37. The molecule has 114 valence electrons. The Morgan fingerprint density at radius 2 is 1.76 bits per heavy atom. The molecule has 0 spiro atoms. The van der Waals surface area contributed by atoms with Gasteiger partial charge in [0, 0.05) is 36.6 Å². The minimum atomic E-state index is 0.306. The third kappa shape index (κ3) is 4.14. The Bertz CT molecular complexity index is 581. The highest BCUT2D eigenvalue weighted by atomic mass is 15.3. The minimum absolute atomic E-state index is 0.306. The van der Waals surface area contributed by atoms with Crippen LogP contribution in [0.2, 0.25) is 0 Å². The fourth-order valence-electron chi connectivity index (χ4n) is 2.76. The summed E-state index contributed by atoms with van der Waals surface area (Å²) in [6, 6.07) is 6.84. The van der Waals surface area contributed by atoms with Crippen LogP contribution in [0.15, 0.2) is 18.2 Å². The van der Waals surface area contributed by atoms with Crippen LogP contribution in [-0.4, -0.2) is 21.3 Å². The van der Waals surface area contributed by atoms with Crippen molar-refractivity contribution in [3.05, 3.63) is 46.5 Å². The standard InChI is InChI=1S/C17H26N4/c1-6-7-18-17(11-16-10-14(4)20-21(16)5)15-8-12(2)19-13(3)9-15/h8-10,17-18H,6-7,11H2,1-5H3. The smallest absolute Gasteiger partial charge is 0.0596 e. The van der Waals surface area contributed by atoms with Crippen molar-refractivity contribution in [2.45, 2.75) is 46.6 Å². The van der Waals surface area contributed by atoms with Gasteiger partial charge < -0.3 is 5.32 Å². The van der Waals surface area contributed by atoms with Crippen LogP contribution in [-0.2, 0) is 13.5 Å². The Labute approximate surface area is 127 Å². The summed E-state index contributed by atoms with van der Waals surface area (Å²) in [5.41, 5.74) is 5.80. The van der Waals surface area contributed by atoms with Crippen LogP contribution in [0.5, 0.6) is 0 Å². The third-order valence-corrected chi connectivity index (χ3v) is 3.66. The van der Waals surface area contributed by atoms with Gasteiger partial charge in [0.2, 0.25) is 0 Å². The van der Waals surface area contributed by atoms with E-state index in [1.165, 1.54) is 11.3 Å². The quantitative estimate of drug-likeness (QED) is 0.887. The van der Waals surface area contributed by atoms with Crippen molar-refractivity contribution in [2.24, 2.45) is 7.05 Å². The van der Waals surface area contributed by atoms with Crippen LogP contribution in [0.25, 0.3) is 0 Å². The molecular formula is C17H26N4. The van der Waals surface area contributed by atoms with Gasteiger partial charge in [-0.1, -0.05) is 6.92 Å². The molecular weight excluding hydrogens is 260 g/mol. The molecule has 0 bridgehead atoms. The Morgan fingerprint density at radius 3 is 2.29 bits per heavy atom. The van der Waals surface area contributed by atoms with E-state index in [4.69, 9.17) is 0 Å². The summed E-state index contributed by atoms with van der Waals surface area (Å²) in [7, 11) is 2.02. The van der Waals surface area contributed by atoms with E-state index in [1.807, 2.05) is 18.7 Å². The van der Waals surface area contributed by atoms with Gasteiger partial charge in [-0.3, -0.25) is 9.67 Å². The second-order valence-electron chi connectivity index (χ2n) is 5.79. The number of rotatable bonds is 6. The van der Waals surface area contributed by atoms with E-state index in [0.717, 1.165) is 36.5 Å². The maximum atomic E-state index is 4.48. The Morgan fingerprint density at radius 1 is 1.10 bits per heavy atom. The molecule has 1 unspecified atom stereocenters. The molecule has 0 saturated heterocycles. The van der Waals surface area contributed by atoms with Gasteiger partial charge in [0.15, 0.2) is 0 Å². The first-order valence-corrected chi connectivity index (χ1v) is 7.67. The van der Waals surface area contributed by atoms with Crippen molar-refractivity contribution in [2.75, 3.05) is 6.54 Å². The molecule has 0 amide bonds. The van der Waals surface area contributed by atoms with E-state index in [0.29, 0.717) is 6.04 Å². The molecule has 2 aromatic heterocycles. The number of pyridine rings is 1. The highest BCUT2D eigenvalue weighted by molar-refractivity contribution is 5.25. The van der Waals surface area contributed by atoms with Crippen LogP contribution in [0.3, 0.4) is 0 Å². The maximum absolute atomic E-state index is 4.48. The highest BCUT2D eigenvalue weighted by Gasteiger charge is 2.15. The topological polar surface area (TPSA) is 42.7 Å². The fraction of sp³-hybridized carbons (Fsp3) is 0.529. The predicted molar refractivity (Wildman–Crippen MR) is 86.4 cm³/mol. The average molecular weight is 286 g/mol. The Kier molecular flexibility index (Phi) is 5.12. The lowest BCUT2D eigenvalue weighted by Crippen LogP contribution is -2.25. The minimum Gasteiger partial charge on any atom is -0.310 e. The van der Waals surface area contributed by atoms with E-state index >= 15 is 0 Å². The van der Waals surface area contributed by atoms with Crippen molar-refractivity contribution >= 4 is 0 Å². The molecule has 0 radical (unpaired) electrons. The molecule has 0 saturated carbocycles. The summed E-state index contributed by atoms with van der Waals surface area (Å²) in [4.78, 5) is 4.48. The number of hydrogen-bond acceptors (Lipinski definition) is 3. The normalized spacial score (nSPS) is 12.6. The molecule has 1 N–H and O–H groups in total. The molecule has 1 atom stereocenters. The van der Waals surface area contributed by atoms with Gasteiger partial charge in [0.25, 0.3) is 0 Å². The van der Waals surface area contributed by atoms with Gasteiger partial charge in [-0.15, -0.1) is 0 Å². The first kappa shape index (κ1) is 15.7. The molecule has 0 aliphatic carbocycles. The molecule has 21 heavy (non-hydrogen) atoms. The first-order chi connectivity index (χ1) is 9.99. The van der Waals surface area contributed by atoms with Crippen LogP contribution in [0.1, 0.15) is 47.7 Å². The predicted octanol–water partition coefficient (Wildman–Crippen LogP) is 3.02. The molecule has 2 aromatic rings. The number of nitrogens with one attached hydrogen (secondary N) is 1. The van der Waals surface area contributed by atoms with Crippen LogP contribution in [0.4, 0.5) is 0 Å². The molecule has 2 rings (SSSR count). The number of aromatic nitrogens is 3. The lowest BCUT2D eigenvalue weighted by Gasteiger charge is -2.20. The Balaban J connectivity index is 2.27. The summed E-state index contributed by atoms with van der Waals surface area (Å²) < 4.78 is 1.98. The number of nitrogens with zero attached hydrogens (tertiary/aromatic N) is 3. The number of aryl methyl sites for hydroxylation is 4. The van der Waals surface area contributed by atoms with Gasteiger partial charge in [0.1, 0.15) is 0 Å². The van der Waals surface area contributed by atoms with Crippen LogP contribution < -0.4 is 5.32 Å². The van der Waals surface area contributed by atoms with Crippen molar-refractivity contribution in [3.8, 4) is 0 Å². The van der Waals surface area contributed by atoms with Crippen LogP contribution in [0, 0.1) is 20.8 Å². The molecule has 0 aromatic carbocycles. The monoisotopic (exact) mass is 286 g/mol. The van der Waals surface area contributed by atoms with E-state index in [9.17, 15) is 0 Å². The van der Waals surface area contributed by atoms with Gasteiger partial charge in [-0.05, 0) is 57.5 Å². The zero-order valence-corrected chi connectivity index (χ0v) is 13.8. The summed E-state index contributed by atoms with van der Waals surface area (Å²) in [5, 5.41) is 8.11. The third-order valence-electron chi connectivity index (χ3n) is 3.66. The maximum Gasteiger partial charge on any atom is 0.0596 e. The van der Waals surface area contributed by atoms with E-state index in [2.05, 4.69) is 54.4 Å². The fourth-order valence-corrected chi connectivity index (χ4v) is 2.76. The molecule has 0 aliphatic heterocycles. The van der Waals surface area contributed by atoms with Gasteiger partial charge in [-0.2, -0.15) is 5.10 Å². The average Bonchev–Trinajstić information content (AvgIpc) is 2.71. The SMILES string of the molecule is CCCNC(Cc1cc(C)nn1C)c1cc(C)nc(C)c1. The van der Waals surface area contributed by atoms with Crippen molar-refractivity contribution in [1.82, 2.24) is 20.1 Å². The van der Waals surface area contributed by atoms with Gasteiger partial charge in [0.05, 0.1) is 5.69 Å².